The molecule has 0 fully saturated rings. The molecule has 0 heterocycles. The van der Waals surface area contributed by atoms with Crippen LogP contribution in [0.4, 0.5) is 11.4 Å². The van der Waals surface area contributed by atoms with Gasteiger partial charge < -0.3 is 10.0 Å². The zero-order valence-electron chi connectivity index (χ0n) is 10.7. The number of halogens is 1. The molecule has 0 aliphatic rings. The first-order valence-corrected chi connectivity index (χ1v) is 6.49. The molecule has 0 unspecified atom stereocenters. The standard InChI is InChI=1S/C12H15BrN2O4/c1-8-6-11(9(13)7-10(8)15(18)19)14(2)5-3-4-12(16)17/h6-7H,3-5H2,1-2H3,(H,16,17). The van der Waals surface area contributed by atoms with Crippen molar-refractivity contribution in [3.8, 4) is 0 Å². The average Bonchev–Trinajstić information content (AvgIpc) is 2.30. The van der Waals surface area contributed by atoms with Gasteiger partial charge in [0.05, 0.1) is 10.6 Å². The van der Waals surface area contributed by atoms with E-state index in [4.69, 9.17) is 5.11 Å². The van der Waals surface area contributed by atoms with Crippen molar-refractivity contribution in [3.05, 3.63) is 32.3 Å². The summed E-state index contributed by atoms with van der Waals surface area (Å²) in [5.41, 5.74) is 1.45. The molecule has 1 aromatic rings. The minimum absolute atomic E-state index is 0.0644. The van der Waals surface area contributed by atoms with Gasteiger partial charge in [0, 0.05) is 36.1 Å². The first-order valence-electron chi connectivity index (χ1n) is 5.70. The Morgan fingerprint density at radius 3 is 2.68 bits per heavy atom. The largest absolute Gasteiger partial charge is 0.481 e. The Hall–Kier alpha value is -1.63. The molecule has 0 amide bonds. The van der Waals surface area contributed by atoms with Crippen molar-refractivity contribution in [2.75, 3.05) is 18.5 Å². The number of anilines is 1. The van der Waals surface area contributed by atoms with Crippen LogP contribution in [0, 0.1) is 17.0 Å². The number of carboxylic acid groups (broad SMARTS) is 1. The van der Waals surface area contributed by atoms with Crippen LogP contribution in [0.15, 0.2) is 16.6 Å². The number of nitro benzene ring substituents is 1. The fourth-order valence-corrected chi connectivity index (χ4v) is 2.37. The number of carboxylic acids is 1. The number of carbonyl (C=O) groups is 1. The molecule has 0 spiro atoms. The van der Waals surface area contributed by atoms with Crippen LogP contribution in [0.3, 0.4) is 0 Å². The third-order valence-corrected chi connectivity index (χ3v) is 3.39. The molecule has 1 N–H and O–H groups in total. The average molecular weight is 331 g/mol. The van der Waals surface area contributed by atoms with E-state index < -0.39 is 10.9 Å². The first-order chi connectivity index (χ1) is 8.82. The maximum atomic E-state index is 10.8. The molecule has 1 rings (SSSR count). The van der Waals surface area contributed by atoms with Gasteiger partial charge in [-0.15, -0.1) is 0 Å². The van der Waals surface area contributed by atoms with E-state index in [1.54, 1.807) is 13.0 Å². The maximum absolute atomic E-state index is 10.8. The smallest absolute Gasteiger partial charge is 0.303 e. The highest BCUT2D eigenvalue weighted by Gasteiger charge is 2.16. The highest BCUT2D eigenvalue weighted by atomic mass is 79.9. The molecule has 0 saturated carbocycles. The molecule has 0 aromatic heterocycles. The van der Waals surface area contributed by atoms with Crippen LogP contribution in [0.25, 0.3) is 0 Å². The van der Waals surface area contributed by atoms with Crippen molar-refractivity contribution < 1.29 is 14.8 Å². The predicted molar refractivity (Wildman–Crippen MR) is 75.7 cm³/mol. The number of rotatable bonds is 6. The Morgan fingerprint density at radius 1 is 1.53 bits per heavy atom. The highest BCUT2D eigenvalue weighted by Crippen LogP contribution is 2.32. The summed E-state index contributed by atoms with van der Waals surface area (Å²) in [6.45, 7) is 2.25. The predicted octanol–water partition coefficient (Wildman–Crippen LogP) is 2.97. The molecule has 0 aliphatic heterocycles. The van der Waals surface area contributed by atoms with Crippen LogP contribution in [0.2, 0.25) is 0 Å². The van der Waals surface area contributed by atoms with Crippen LogP contribution >= 0.6 is 15.9 Å². The van der Waals surface area contributed by atoms with E-state index in [0.717, 1.165) is 5.69 Å². The fourth-order valence-electron chi connectivity index (χ4n) is 1.73. The van der Waals surface area contributed by atoms with Gasteiger partial charge in [0.1, 0.15) is 0 Å². The lowest BCUT2D eigenvalue weighted by Crippen LogP contribution is -2.20. The molecule has 1 aromatic carbocycles. The van der Waals surface area contributed by atoms with Gasteiger partial charge in [0.25, 0.3) is 5.69 Å². The minimum Gasteiger partial charge on any atom is -0.481 e. The van der Waals surface area contributed by atoms with Gasteiger partial charge >= 0.3 is 5.97 Å². The van der Waals surface area contributed by atoms with Crippen LogP contribution in [0.5, 0.6) is 0 Å². The van der Waals surface area contributed by atoms with E-state index >= 15 is 0 Å². The first kappa shape index (κ1) is 15.4. The third-order valence-electron chi connectivity index (χ3n) is 2.76. The molecule has 0 aliphatic carbocycles. The van der Waals surface area contributed by atoms with Crippen molar-refractivity contribution in [3.63, 3.8) is 0 Å². The Morgan fingerprint density at radius 2 is 2.16 bits per heavy atom. The van der Waals surface area contributed by atoms with Gasteiger partial charge in [-0.05, 0) is 35.3 Å². The van der Waals surface area contributed by atoms with Crippen LogP contribution in [-0.4, -0.2) is 29.6 Å². The summed E-state index contributed by atoms with van der Waals surface area (Å²) < 4.78 is 0.627. The van der Waals surface area contributed by atoms with Gasteiger partial charge in [0.2, 0.25) is 0 Å². The van der Waals surface area contributed by atoms with Gasteiger partial charge in [-0.3, -0.25) is 14.9 Å². The second-order valence-electron chi connectivity index (χ2n) is 4.27. The lowest BCUT2D eigenvalue weighted by molar-refractivity contribution is -0.385. The van der Waals surface area contributed by atoms with E-state index in [1.807, 2.05) is 11.9 Å². The maximum Gasteiger partial charge on any atom is 0.303 e. The van der Waals surface area contributed by atoms with E-state index in [2.05, 4.69) is 15.9 Å². The lowest BCUT2D eigenvalue weighted by Gasteiger charge is -2.20. The van der Waals surface area contributed by atoms with Crippen LogP contribution in [-0.2, 0) is 4.79 Å². The Bertz CT molecular complexity index is 505. The van der Waals surface area contributed by atoms with Crippen LogP contribution < -0.4 is 4.90 Å². The van der Waals surface area contributed by atoms with Crippen molar-refractivity contribution in [2.24, 2.45) is 0 Å². The summed E-state index contributed by atoms with van der Waals surface area (Å²) >= 11 is 3.31. The molecule has 0 bridgehead atoms. The summed E-state index contributed by atoms with van der Waals surface area (Å²) in [7, 11) is 1.83. The zero-order chi connectivity index (χ0) is 14.6. The number of nitro groups is 1. The van der Waals surface area contributed by atoms with E-state index in [0.29, 0.717) is 23.0 Å². The second-order valence-corrected chi connectivity index (χ2v) is 5.12. The molecule has 7 heteroatoms. The molecule has 104 valence electrons. The van der Waals surface area contributed by atoms with Crippen molar-refractivity contribution >= 4 is 33.3 Å². The minimum atomic E-state index is -0.827. The van der Waals surface area contributed by atoms with Crippen molar-refractivity contribution in [2.45, 2.75) is 19.8 Å². The number of aliphatic carboxylic acids is 1. The van der Waals surface area contributed by atoms with Gasteiger partial charge in [-0.1, -0.05) is 0 Å². The Labute approximate surface area is 119 Å². The highest BCUT2D eigenvalue weighted by molar-refractivity contribution is 9.10. The number of nitrogens with zero attached hydrogens (tertiary/aromatic N) is 2. The second kappa shape index (κ2) is 6.51. The summed E-state index contributed by atoms with van der Waals surface area (Å²) in [6, 6.07) is 3.20. The number of benzene rings is 1. The number of aryl methyl sites for hydroxylation is 1. The normalized spacial score (nSPS) is 10.3. The lowest BCUT2D eigenvalue weighted by atomic mass is 10.1. The molecule has 19 heavy (non-hydrogen) atoms. The molecular formula is C12H15BrN2O4. The summed E-state index contributed by atoms with van der Waals surface area (Å²) in [5.74, 6) is -0.827. The summed E-state index contributed by atoms with van der Waals surface area (Å²) in [6.07, 6.45) is 0.627. The van der Waals surface area contributed by atoms with E-state index in [-0.39, 0.29) is 12.1 Å². The Kier molecular flexibility index (Phi) is 5.29. The SMILES string of the molecule is Cc1cc(N(C)CCCC(=O)O)c(Br)cc1[N+](=O)[O-]. The van der Waals surface area contributed by atoms with Crippen molar-refractivity contribution in [1.82, 2.24) is 0 Å². The molecule has 0 atom stereocenters. The quantitative estimate of drug-likeness (QED) is 0.640. The van der Waals surface area contributed by atoms with Crippen LogP contribution in [0.1, 0.15) is 18.4 Å². The van der Waals surface area contributed by atoms with E-state index in [1.165, 1.54) is 6.07 Å². The third kappa shape index (κ3) is 4.20. The fraction of sp³-hybridized carbons (Fsp3) is 0.417. The summed E-state index contributed by atoms with van der Waals surface area (Å²) in [5, 5.41) is 19.4. The molecule has 0 saturated heterocycles. The molecule has 0 radical (unpaired) electrons. The number of hydrogen-bond donors (Lipinski definition) is 1. The Balaban J connectivity index is 2.86. The van der Waals surface area contributed by atoms with Gasteiger partial charge in [-0.2, -0.15) is 0 Å². The van der Waals surface area contributed by atoms with Gasteiger partial charge in [0.15, 0.2) is 0 Å². The van der Waals surface area contributed by atoms with Gasteiger partial charge in [-0.25, -0.2) is 0 Å². The molecular weight excluding hydrogens is 316 g/mol. The monoisotopic (exact) mass is 330 g/mol. The molecule has 6 nitrogen and oxygen atoms in total. The number of hydrogen-bond acceptors (Lipinski definition) is 4. The summed E-state index contributed by atoms with van der Waals surface area (Å²) in [4.78, 5) is 22.7. The zero-order valence-corrected chi connectivity index (χ0v) is 12.3. The van der Waals surface area contributed by atoms with E-state index in [9.17, 15) is 14.9 Å². The van der Waals surface area contributed by atoms with Crippen molar-refractivity contribution in [1.29, 1.82) is 0 Å². The topological polar surface area (TPSA) is 83.7 Å².